The van der Waals surface area contributed by atoms with E-state index in [9.17, 15) is 22.8 Å². The van der Waals surface area contributed by atoms with Gasteiger partial charge in [-0.3, -0.25) is 19.3 Å². The molecule has 3 aromatic rings. The van der Waals surface area contributed by atoms with Crippen LogP contribution in [0.3, 0.4) is 0 Å². The number of hydrogen-bond acceptors (Lipinski definition) is 3. The van der Waals surface area contributed by atoms with Gasteiger partial charge in [-0.15, -0.1) is 0 Å². The van der Waals surface area contributed by atoms with E-state index in [4.69, 9.17) is 11.6 Å². The summed E-state index contributed by atoms with van der Waals surface area (Å²) < 4.78 is 42.6. The van der Waals surface area contributed by atoms with Gasteiger partial charge in [0.15, 0.2) is 5.43 Å². The van der Waals surface area contributed by atoms with Crippen molar-refractivity contribution in [2.75, 3.05) is 11.7 Å². The molecule has 0 aliphatic carbocycles. The van der Waals surface area contributed by atoms with Crippen molar-refractivity contribution in [3.05, 3.63) is 104 Å². The van der Waals surface area contributed by atoms with Crippen LogP contribution in [0.15, 0.2) is 71.7 Å². The third-order valence-corrected chi connectivity index (χ3v) is 6.26. The third kappa shape index (κ3) is 4.11. The highest BCUT2D eigenvalue weighted by Crippen LogP contribution is 2.36. The second kappa shape index (κ2) is 8.59. The van der Waals surface area contributed by atoms with Gasteiger partial charge in [0.2, 0.25) is 0 Å². The molecule has 0 spiro atoms. The van der Waals surface area contributed by atoms with E-state index in [0.29, 0.717) is 10.6 Å². The molecular formula is C24H21ClF3N3O2. The van der Waals surface area contributed by atoms with Crippen LogP contribution in [-0.2, 0) is 0 Å². The van der Waals surface area contributed by atoms with Gasteiger partial charge in [-0.25, -0.2) is 0 Å². The molecule has 2 atom stereocenters. The van der Waals surface area contributed by atoms with Crippen molar-refractivity contribution < 1.29 is 18.0 Å². The highest BCUT2D eigenvalue weighted by molar-refractivity contribution is 6.31. The normalized spacial score (nSPS) is 15.9. The number of nitrogens with zero attached hydrogens (tertiary/aromatic N) is 3. The zero-order valence-corrected chi connectivity index (χ0v) is 18.6. The van der Waals surface area contributed by atoms with E-state index in [1.165, 1.54) is 23.9 Å². The number of fused-ring (bicyclic) bond motifs is 1. The maximum absolute atomic E-state index is 13.7. The number of amides is 1. The largest absolute Gasteiger partial charge is 0.408 e. The Kier molecular flexibility index (Phi) is 5.97. The van der Waals surface area contributed by atoms with Crippen LogP contribution in [0.5, 0.6) is 0 Å². The van der Waals surface area contributed by atoms with Crippen LogP contribution >= 0.6 is 11.6 Å². The molecule has 2 heterocycles. The molecule has 0 fully saturated rings. The Balaban J connectivity index is 1.98. The summed E-state index contributed by atoms with van der Waals surface area (Å²) in [4.78, 5) is 26.3. The van der Waals surface area contributed by atoms with Crippen LogP contribution in [0.4, 0.5) is 13.2 Å². The van der Waals surface area contributed by atoms with Crippen molar-refractivity contribution in [2.24, 2.45) is 0 Å². The van der Waals surface area contributed by atoms with Gasteiger partial charge in [0, 0.05) is 22.8 Å². The predicted octanol–water partition coefficient (Wildman–Crippen LogP) is 4.90. The van der Waals surface area contributed by atoms with E-state index in [1.54, 1.807) is 29.3 Å². The molecule has 2 unspecified atom stereocenters. The summed E-state index contributed by atoms with van der Waals surface area (Å²) in [5.41, 5.74) is 0.976. The first-order chi connectivity index (χ1) is 15.6. The van der Waals surface area contributed by atoms with Gasteiger partial charge in [0.05, 0.1) is 6.04 Å². The molecule has 1 aliphatic heterocycles. The number of carbonyl (C=O) groups is 1. The monoisotopic (exact) mass is 475 g/mol. The van der Waals surface area contributed by atoms with Crippen molar-refractivity contribution in [3.8, 4) is 0 Å². The Morgan fingerprint density at radius 3 is 2.24 bits per heavy atom. The van der Waals surface area contributed by atoms with Gasteiger partial charge in [-0.2, -0.15) is 13.2 Å². The first-order valence-corrected chi connectivity index (χ1v) is 10.6. The fraction of sp³-hybridized carbons (Fsp3) is 0.250. The molecule has 1 aromatic heterocycles. The molecule has 1 amide bonds. The maximum atomic E-state index is 13.7. The minimum absolute atomic E-state index is 0.0811. The Hall–Kier alpha value is -3.26. The van der Waals surface area contributed by atoms with Crippen LogP contribution in [0.2, 0.25) is 5.02 Å². The Morgan fingerprint density at radius 2 is 1.61 bits per heavy atom. The minimum Gasteiger partial charge on any atom is -0.306 e. The summed E-state index contributed by atoms with van der Waals surface area (Å²) >= 11 is 6.53. The molecule has 0 radical (unpaired) electrons. The Morgan fingerprint density at radius 1 is 0.970 bits per heavy atom. The highest BCUT2D eigenvalue weighted by atomic mass is 35.5. The zero-order valence-electron chi connectivity index (χ0n) is 17.9. The molecule has 2 aromatic carbocycles. The van der Waals surface area contributed by atoms with Crippen LogP contribution in [0.1, 0.15) is 40.1 Å². The summed E-state index contributed by atoms with van der Waals surface area (Å²) in [6.45, 7) is 2.02. The molecular weight excluding hydrogens is 455 g/mol. The van der Waals surface area contributed by atoms with Gasteiger partial charge in [0.25, 0.3) is 5.91 Å². The van der Waals surface area contributed by atoms with Gasteiger partial charge >= 0.3 is 6.18 Å². The number of hydrogen-bond donors (Lipinski definition) is 0. The first kappa shape index (κ1) is 22.9. The predicted molar refractivity (Wildman–Crippen MR) is 120 cm³/mol. The standard InChI is InChI=1S/C24H21ClF3N3O2/c1-15-20(32)12-13-30-21(15)23(33)29(16(2)24(26,27)28)14-31(30)22(17-8-4-3-5-9-17)18-10-6-7-11-19(18)25/h3-13,16,22H,14H2,1-2H3. The number of benzene rings is 2. The molecule has 172 valence electrons. The van der Waals surface area contributed by atoms with E-state index >= 15 is 0 Å². The number of aromatic nitrogens is 1. The maximum Gasteiger partial charge on any atom is 0.408 e. The highest BCUT2D eigenvalue weighted by Gasteiger charge is 2.46. The molecule has 0 saturated carbocycles. The molecule has 5 nitrogen and oxygen atoms in total. The number of pyridine rings is 1. The second-order valence-corrected chi connectivity index (χ2v) is 8.31. The van der Waals surface area contributed by atoms with Gasteiger partial charge in [-0.1, -0.05) is 60.1 Å². The lowest BCUT2D eigenvalue weighted by atomic mass is 9.97. The smallest absolute Gasteiger partial charge is 0.306 e. The van der Waals surface area contributed by atoms with Crippen molar-refractivity contribution in [3.63, 3.8) is 0 Å². The molecule has 0 N–H and O–H groups in total. The Bertz CT molecular complexity index is 1240. The van der Waals surface area contributed by atoms with E-state index in [2.05, 4.69) is 0 Å². The number of carbonyl (C=O) groups excluding carboxylic acids is 1. The summed E-state index contributed by atoms with van der Waals surface area (Å²) in [7, 11) is 0. The van der Waals surface area contributed by atoms with Crippen molar-refractivity contribution >= 4 is 17.5 Å². The summed E-state index contributed by atoms with van der Waals surface area (Å²) in [5.74, 6) is -0.850. The summed E-state index contributed by atoms with van der Waals surface area (Å²) in [5, 5.41) is 2.06. The lowest BCUT2D eigenvalue weighted by molar-refractivity contribution is -0.173. The average Bonchev–Trinajstić information content (AvgIpc) is 2.78. The minimum atomic E-state index is -4.64. The fourth-order valence-electron chi connectivity index (χ4n) is 4.05. The van der Waals surface area contributed by atoms with Crippen molar-refractivity contribution in [1.29, 1.82) is 0 Å². The molecule has 33 heavy (non-hydrogen) atoms. The van der Waals surface area contributed by atoms with Gasteiger partial charge < -0.3 is 4.90 Å². The first-order valence-electron chi connectivity index (χ1n) is 10.3. The topological polar surface area (TPSA) is 45.6 Å². The average molecular weight is 476 g/mol. The quantitative estimate of drug-likeness (QED) is 0.539. The lowest BCUT2D eigenvalue weighted by Gasteiger charge is -2.46. The number of rotatable bonds is 4. The second-order valence-electron chi connectivity index (χ2n) is 7.91. The Labute approximate surface area is 193 Å². The molecule has 0 bridgehead atoms. The fourth-order valence-corrected chi connectivity index (χ4v) is 4.29. The summed E-state index contributed by atoms with van der Waals surface area (Å²) in [6, 6.07) is 14.8. The van der Waals surface area contributed by atoms with Crippen LogP contribution in [0, 0.1) is 6.92 Å². The van der Waals surface area contributed by atoms with E-state index in [-0.39, 0.29) is 17.9 Å². The molecule has 4 rings (SSSR count). The van der Waals surface area contributed by atoms with Gasteiger partial charge in [0.1, 0.15) is 18.4 Å². The van der Waals surface area contributed by atoms with Crippen molar-refractivity contribution in [2.45, 2.75) is 32.1 Å². The van der Waals surface area contributed by atoms with Crippen LogP contribution in [-0.4, -0.2) is 34.4 Å². The number of alkyl halides is 3. The van der Waals surface area contributed by atoms with Crippen LogP contribution in [0.25, 0.3) is 0 Å². The molecule has 9 heteroatoms. The summed E-state index contributed by atoms with van der Waals surface area (Å²) in [6.07, 6.45) is -3.22. The van der Waals surface area contributed by atoms with E-state index in [0.717, 1.165) is 17.4 Å². The van der Waals surface area contributed by atoms with Crippen molar-refractivity contribution in [1.82, 2.24) is 9.58 Å². The molecule has 0 saturated heterocycles. The van der Waals surface area contributed by atoms with E-state index < -0.39 is 29.6 Å². The van der Waals surface area contributed by atoms with Crippen LogP contribution < -0.4 is 10.4 Å². The lowest BCUT2D eigenvalue weighted by Crippen LogP contribution is -2.60. The third-order valence-electron chi connectivity index (χ3n) is 5.91. The SMILES string of the molecule is Cc1c2n(ccc1=O)N(C(c1ccccc1)c1ccccc1Cl)CN(C(C)C(F)(F)F)C2=O. The molecule has 1 aliphatic rings. The zero-order chi connectivity index (χ0) is 23.9. The number of halogens is 4. The van der Waals surface area contributed by atoms with Gasteiger partial charge in [-0.05, 0) is 31.0 Å². The van der Waals surface area contributed by atoms with E-state index in [1.807, 2.05) is 30.3 Å².